The maximum Gasteiger partial charge on any atom is 0.231 e. The number of halogens is 1. The van der Waals surface area contributed by atoms with Crippen molar-refractivity contribution in [1.29, 1.82) is 0 Å². The first kappa shape index (κ1) is 17.2. The molecule has 0 radical (unpaired) electrons. The van der Waals surface area contributed by atoms with Crippen molar-refractivity contribution in [2.24, 2.45) is 0 Å². The van der Waals surface area contributed by atoms with Crippen LogP contribution in [0.3, 0.4) is 0 Å². The third-order valence-electron chi connectivity index (χ3n) is 5.34. The van der Waals surface area contributed by atoms with E-state index in [1.54, 1.807) is 0 Å². The van der Waals surface area contributed by atoms with Crippen LogP contribution >= 0.6 is 11.6 Å². The number of hydrogen-bond donors (Lipinski definition) is 0. The Morgan fingerprint density at radius 3 is 2.40 bits per heavy atom. The van der Waals surface area contributed by atoms with Gasteiger partial charge in [0.15, 0.2) is 5.82 Å². The van der Waals surface area contributed by atoms with Crippen molar-refractivity contribution in [3.63, 3.8) is 0 Å². The maximum atomic E-state index is 6.29. The van der Waals surface area contributed by atoms with E-state index >= 15 is 0 Å². The summed E-state index contributed by atoms with van der Waals surface area (Å²) < 4.78 is 6.11. The van der Waals surface area contributed by atoms with E-state index in [4.69, 9.17) is 26.0 Å². The fraction of sp³-hybridized carbons (Fsp3) is 0. The Morgan fingerprint density at radius 1 is 0.667 bits per heavy atom. The molecule has 0 N–H and O–H groups in total. The van der Waals surface area contributed by atoms with Crippen LogP contribution in [0, 0.1) is 0 Å². The summed E-state index contributed by atoms with van der Waals surface area (Å²) >= 11 is 6.29. The SMILES string of the molecule is Clc1cccc(-c2nc(-c3ccc4ccccc4c3)nc3oc4ccccc4c23)c1. The molecular weight excluding hydrogens is 392 g/mol. The second-order valence-electron chi connectivity index (χ2n) is 7.25. The predicted molar refractivity (Wildman–Crippen MR) is 123 cm³/mol. The highest BCUT2D eigenvalue weighted by Gasteiger charge is 2.18. The van der Waals surface area contributed by atoms with Gasteiger partial charge in [-0.25, -0.2) is 4.98 Å². The number of hydrogen-bond acceptors (Lipinski definition) is 3. The van der Waals surface area contributed by atoms with Crippen molar-refractivity contribution < 1.29 is 4.42 Å². The zero-order valence-corrected chi connectivity index (χ0v) is 16.6. The number of furan rings is 1. The quantitative estimate of drug-likeness (QED) is 0.298. The zero-order valence-electron chi connectivity index (χ0n) is 15.8. The fourth-order valence-corrected chi connectivity index (χ4v) is 4.12. The number of nitrogens with zero attached hydrogens (tertiary/aromatic N) is 2. The molecule has 0 amide bonds. The van der Waals surface area contributed by atoms with Crippen LogP contribution in [0.4, 0.5) is 0 Å². The Balaban J connectivity index is 1.68. The number of fused-ring (bicyclic) bond motifs is 4. The van der Waals surface area contributed by atoms with Crippen LogP contribution in [0.15, 0.2) is 95.4 Å². The molecule has 142 valence electrons. The first-order valence-corrected chi connectivity index (χ1v) is 10.1. The molecule has 2 heterocycles. The van der Waals surface area contributed by atoms with Crippen LogP contribution in [-0.2, 0) is 0 Å². The minimum atomic E-state index is 0.573. The van der Waals surface area contributed by atoms with Gasteiger partial charge in [-0.3, -0.25) is 0 Å². The smallest absolute Gasteiger partial charge is 0.231 e. The second kappa shape index (κ2) is 6.68. The van der Waals surface area contributed by atoms with E-state index in [0.29, 0.717) is 16.6 Å². The largest absolute Gasteiger partial charge is 0.438 e. The molecule has 0 aliphatic carbocycles. The third-order valence-corrected chi connectivity index (χ3v) is 5.58. The van der Waals surface area contributed by atoms with Crippen LogP contribution in [0.2, 0.25) is 5.02 Å². The van der Waals surface area contributed by atoms with E-state index in [9.17, 15) is 0 Å². The van der Waals surface area contributed by atoms with Crippen molar-refractivity contribution in [2.45, 2.75) is 0 Å². The molecule has 30 heavy (non-hydrogen) atoms. The lowest BCUT2D eigenvalue weighted by molar-refractivity contribution is 0.653. The lowest BCUT2D eigenvalue weighted by atomic mass is 10.0. The summed E-state index contributed by atoms with van der Waals surface area (Å²) in [5.41, 5.74) is 4.06. The van der Waals surface area contributed by atoms with E-state index < -0.39 is 0 Å². The first-order chi connectivity index (χ1) is 14.8. The number of rotatable bonds is 2. The molecule has 0 atom stereocenters. The van der Waals surface area contributed by atoms with E-state index in [1.165, 1.54) is 5.39 Å². The minimum Gasteiger partial charge on any atom is -0.438 e. The molecule has 0 spiro atoms. The molecule has 6 aromatic rings. The van der Waals surface area contributed by atoms with Crippen molar-refractivity contribution in [2.75, 3.05) is 0 Å². The minimum absolute atomic E-state index is 0.573. The van der Waals surface area contributed by atoms with Crippen LogP contribution in [-0.4, -0.2) is 9.97 Å². The molecule has 0 unspecified atom stereocenters. The van der Waals surface area contributed by atoms with Crippen LogP contribution in [0.25, 0.3) is 55.5 Å². The lowest BCUT2D eigenvalue weighted by Gasteiger charge is -2.08. The summed E-state index contributed by atoms with van der Waals surface area (Å²) in [5.74, 6) is 0.627. The molecule has 0 bridgehead atoms. The average Bonchev–Trinajstić information content (AvgIpc) is 3.16. The Morgan fingerprint density at radius 2 is 1.50 bits per heavy atom. The van der Waals surface area contributed by atoms with Gasteiger partial charge in [-0.2, -0.15) is 4.98 Å². The summed E-state index contributed by atoms with van der Waals surface area (Å²) in [7, 11) is 0. The third kappa shape index (κ3) is 2.75. The number of benzene rings is 4. The molecular formula is C26H15ClN2O. The summed E-state index contributed by atoms with van der Waals surface area (Å²) in [6, 6.07) is 30.2. The normalized spacial score (nSPS) is 11.5. The highest BCUT2D eigenvalue weighted by molar-refractivity contribution is 6.31. The van der Waals surface area contributed by atoms with E-state index in [1.807, 2.05) is 66.7 Å². The van der Waals surface area contributed by atoms with Gasteiger partial charge in [0.2, 0.25) is 5.71 Å². The van der Waals surface area contributed by atoms with Gasteiger partial charge in [-0.05, 0) is 35.0 Å². The zero-order chi connectivity index (χ0) is 20.1. The van der Waals surface area contributed by atoms with Gasteiger partial charge in [0, 0.05) is 21.5 Å². The predicted octanol–water partition coefficient (Wildman–Crippen LogP) is 7.52. The van der Waals surface area contributed by atoms with E-state index in [-0.39, 0.29) is 0 Å². The molecule has 0 aliphatic heterocycles. The van der Waals surface area contributed by atoms with E-state index in [2.05, 4.69) is 24.3 Å². The fourth-order valence-electron chi connectivity index (χ4n) is 3.93. The molecule has 4 aromatic carbocycles. The van der Waals surface area contributed by atoms with Crippen LogP contribution in [0.5, 0.6) is 0 Å². The average molecular weight is 407 g/mol. The Hall–Kier alpha value is -3.69. The van der Waals surface area contributed by atoms with Gasteiger partial charge in [0.05, 0.1) is 11.1 Å². The van der Waals surface area contributed by atoms with Gasteiger partial charge < -0.3 is 4.42 Å². The summed E-state index contributed by atoms with van der Waals surface area (Å²) in [4.78, 5) is 9.77. The molecule has 0 fully saturated rings. The monoisotopic (exact) mass is 406 g/mol. The van der Waals surface area contributed by atoms with Crippen molar-refractivity contribution >= 4 is 44.4 Å². The van der Waals surface area contributed by atoms with Gasteiger partial charge in [0.1, 0.15) is 5.58 Å². The van der Waals surface area contributed by atoms with Gasteiger partial charge >= 0.3 is 0 Å². The summed E-state index contributed by atoms with van der Waals surface area (Å²) in [5, 5.41) is 4.89. The highest BCUT2D eigenvalue weighted by atomic mass is 35.5. The Kier molecular flexibility index (Phi) is 3.83. The lowest BCUT2D eigenvalue weighted by Crippen LogP contribution is -1.94. The number of aromatic nitrogens is 2. The molecule has 0 saturated heterocycles. The highest BCUT2D eigenvalue weighted by Crippen LogP contribution is 2.37. The van der Waals surface area contributed by atoms with Gasteiger partial charge in [0.25, 0.3) is 0 Å². The topological polar surface area (TPSA) is 38.9 Å². The number of para-hydroxylation sites is 1. The van der Waals surface area contributed by atoms with Crippen molar-refractivity contribution in [3.8, 4) is 22.6 Å². The molecule has 0 aliphatic rings. The molecule has 2 aromatic heterocycles. The second-order valence-corrected chi connectivity index (χ2v) is 7.68. The molecule has 6 rings (SSSR count). The van der Waals surface area contributed by atoms with E-state index in [0.717, 1.165) is 38.6 Å². The Bertz CT molecular complexity index is 1570. The van der Waals surface area contributed by atoms with Crippen molar-refractivity contribution in [1.82, 2.24) is 9.97 Å². The van der Waals surface area contributed by atoms with Crippen molar-refractivity contribution in [3.05, 3.63) is 96.0 Å². The molecule has 4 heteroatoms. The standard InChI is InChI=1S/C26H15ClN2O/c27-20-9-5-8-18(15-20)24-23-21-10-3-4-11-22(21)30-26(23)29-25(28-24)19-13-12-16-6-1-2-7-17(16)14-19/h1-15H. The summed E-state index contributed by atoms with van der Waals surface area (Å²) in [6.07, 6.45) is 0. The van der Waals surface area contributed by atoms with Gasteiger partial charge in [-0.15, -0.1) is 0 Å². The molecule has 3 nitrogen and oxygen atoms in total. The van der Waals surface area contributed by atoms with Crippen LogP contribution < -0.4 is 0 Å². The Labute approximate surface area is 177 Å². The van der Waals surface area contributed by atoms with Gasteiger partial charge in [-0.1, -0.05) is 78.3 Å². The first-order valence-electron chi connectivity index (χ1n) is 9.71. The summed E-state index contributed by atoms with van der Waals surface area (Å²) in [6.45, 7) is 0. The van der Waals surface area contributed by atoms with Crippen LogP contribution in [0.1, 0.15) is 0 Å². The molecule has 0 saturated carbocycles. The maximum absolute atomic E-state index is 6.29.